The lowest BCUT2D eigenvalue weighted by Crippen LogP contribution is -2.18. The summed E-state index contributed by atoms with van der Waals surface area (Å²) < 4.78 is 32.3. The Labute approximate surface area is 123 Å². The summed E-state index contributed by atoms with van der Waals surface area (Å²) in [7, 11) is 0. The van der Waals surface area contributed by atoms with Crippen molar-refractivity contribution in [2.75, 3.05) is 13.2 Å². The average molecular weight is 312 g/mol. The fourth-order valence-electron chi connectivity index (χ4n) is 2.30. The van der Waals surface area contributed by atoms with Crippen LogP contribution in [-0.4, -0.2) is 28.4 Å². The van der Waals surface area contributed by atoms with Gasteiger partial charge in [0, 0.05) is 18.5 Å². The summed E-state index contributed by atoms with van der Waals surface area (Å²) in [5.74, 6) is -1.24. The van der Waals surface area contributed by atoms with Crippen LogP contribution in [0.1, 0.15) is 18.7 Å². The lowest BCUT2D eigenvalue weighted by molar-refractivity contribution is 0.1000. The number of hydrogen-bond acceptors (Lipinski definition) is 4. The van der Waals surface area contributed by atoms with Gasteiger partial charge in [-0.25, -0.2) is 13.8 Å². The second-order valence-electron chi connectivity index (χ2n) is 4.89. The number of rotatable bonds is 3. The highest BCUT2D eigenvalue weighted by molar-refractivity contribution is 7.99. The first-order valence-corrected chi connectivity index (χ1v) is 7.76. The van der Waals surface area contributed by atoms with Crippen molar-refractivity contribution in [3.8, 4) is 0 Å². The number of fused-ring (bicyclic) bond motifs is 1. The molecule has 21 heavy (non-hydrogen) atoms. The number of thioether (sulfide) groups is 1. The zero-order chi connectivity index (χ0) is 14.8. The van der Waals surface area contributed by atoms with Gasteiger partial charge in [0.1, 0.15) is 11.3 Å². The van der Waals surface area contributed by atoms with Gasteiger partial charge in [-0.05, 0) is 25.0 Å². The van der Waals surface area contributed by atoms with Crippen molar-refractivity contribution < 1.29 is 13.5 Å². The molecule has 0 unspecified atom stereocenters. The van der Waals surface area contributed by atoms with E-state index in [0.717, 1.165) is 32.1 Å². The monoisotopic (exact) mass is 312 g/mol. The Morgan fingerprint density at radius 1 is 1.33 bits per heavy atom. The van der Waals surface area contributed by atoms with Crippen LogP contribution in [0.15, 0.2) is 16.9 Å². The highest BCUT2D eigenvalue weighted by Gasteiger charge is 2.16. The minimum absolute atomic E-state index is 0.0636. The molecule has 1 aromatic carbocycles. The zero-order valence-corrected chi connectivity index (χ0v) is 12.0. The Hall–Kier alpha value is -1.47. The minimum atomic E-state index is -1.07. The Balaban J connectivity index is 1.85. The van der Waals surface area contributed by atoms with Crippen LogP contribution < -0.4 is 5.56 Å². The first-order chi connectivity index (χ1) is 10.1. The molecule has 1 saturated heterocycles. The number of nitrogens with zero attached hydrogens (tertiary/aromatic N) is 1. The second-order valence-corrected chi connectivity index (χ2v) is 6.18. The Morgan fingerprint density at radius 2 is 2.10 bits per heavy atom. The fraction of sp³-hybridized carbons (Fsp3) is 0.429. The summed E-state index contributed by atoms with van der Waals surface area (Å²) in [5, 5.41) is 0.505. The van der Waals surface area contributed by atoms with Crippen LogP contribution in [-0.2, 0) is 10.5 Å². The first kappa shape index (κ1) is 14.5. The van der Waals surface area contributed by atoms with Crippen molar-refractivity contribution in [3.63, 3.8) is 0 Å². The van der Waals surface area contributed by atoms with Gasteiger partial charge in [0.05, 0.1) is 11.1 Å². The zero-order valence-electron chi connectivity index (χ0n) is 11.2. The van der Waals surface area contributed by atoms with Crippen LogP contribution in [0.3, 0.4) is 0 Å². The third-order valence-electron chi connectivity index (χ3n) is 3.44. The third kappa shape index (κ3) is 3.08. The molecule has 0 bridgehead atoms. The molecule has 0 amide bonds. The highest BCUT2D eigenvalue weighted by atomic mass is 32.2. The standard InChI is InChI=1S/C14H14F2N2O2S/c15-10-2-1-9-13(12(10)16)17-11(18-14(9)19)7-21-8-3-5-20-6-4-8/h1-2,8H,3-7H2,(H,17,18,19). The number of ether oxygens (including phenoxy) is 1. The van der Waals surface area contributed by atoms with Crippen molar-refractivity contribution in [1.29, 1.82) is 0 Å². The molecule has 0 atom stereocenters. The molecule has 2 aromatic rings. The number of halogens is 2. The first-order valence-electron chi connectivity index (χ1n) is 6.71. The van der Waals surface area contributed by atoms with E-state index in [9.17, 15) is 13.6 Å². The van der Waals surface area contributed by atoms with Gasteiger partial charge in [0.2, 0.25) is 0 Å². The van der Waals surface area contributed by atoms with Crippen molar-refractivity contribution >= 4 is 22.7 Å². The van der Waals surface area contributed by atoms with Crippen molar-refractivity contribution in [1.82, 2.24) is 9.97 Å². The molecule has 3 rings (SSSR count). The largest absolute Gasteiger partial charge is 0.381 e. The SMILES string of the molecule is O=c1[nH]c(CSC2CCOCC2)nc2c(F)c(F)ccc12. The summed E-state index contributed by atoms with van der Waals surface area (Å²) in [6, 6.07) is 2.18. The van der Waals surface area contributed by atoms with Gasteiger partial charge in [0.15, 0.2) is 11.6 Å². The third-order valence-corrected chi connectivity index (χ3v) is 4.83. The smallest absolute Gasteiger partial charge is 0.258 e. The van der Waals surface area contributed by atoms with Crippen LogP contribution in [0, 0.1) is 11.6 Å². The molecule has 1 aromatic heterocycles. The second kappa shape index (κ2) is 6.11. The van der Waals surface area contributed by atoms with Crippen LogP contribution in [0.2, 0.25) is 0 Å². The van der Waals surface area contributed by atoms with Crippen LogP contribution in [0.25, 0.3) is 10.9 Å². The molecule has 4 nitrogen and oxygen atoms in total. The van der Waals surface area contributed by atoms with Crippen LogP contribution in [0.5, 0.6) is 0 Å². The quantitative estimate of drug-likeness (QED) is 0.946. The predicted octanol–water partition coefficient (Wildman–Crippen LogP) is 2.61. The molecule has 1 N–H and O–H groups in total. The van der Waals surface area contributed by atoms with Crippen LogP contribution >= 0.6 is 11.8 Å². The maximum atomic E-state index is 13.7. The summed E-state index contributed by atoms with van der Waals surface area (Å²) in [6.07, 6.45) is 1.90. The number of aromatic amines is 1. The number of benzene rings is 1. The fourth-order valence-corrected chi connectivity index (χ4v) is 3.36. The summed E-state index contributed by atoms with van der Waals surface area (Å²) in [6.45, 7) is 1.47. The van der Waals surface area contributed by atoms with E-state index in [4.69, 9.17) is 4.74 Å². The van der Waals surface area contributed by atoms with Crippen molar-refractivity contribution in [2.45, 2.75) is 23.8 Å². The number of hydrogen-bond donors (Lipinski definition) is 1. The van der Waals surface area contributed by atoms with Gasteiger partial charge in [-0.15, -0.1) is 0 Å². The Bertz CT molecular complexity index is 714. The van der Waals surface area contributed by atoms with Gasteiger partial charge in [-0.3, -0.25) is 4.79 Å². The summed E-state index contributed by atoms with van der Waals surface area (Å²) in [4.78, 5) is 18.6. The average Bonchev–Trinajstić information content (AvgIpc) is 2.50. The molecule has 0 radical (unpaired) electrons. The number of nitrogens with one attached hydrogen (secondary N) is 1. The molecular weight excluding hydrogens is 298 g/mol. The molecular formula is C14H14F2N2O2S. The normalized spacial score (nSPS) is 16.5. The van der Waals surface area contributed by atoms with Gasteiger partial charge in [-0.2, -0.15) is 11.8 Å². The number of aromatic nitrogens is 2. The van der Waals surface area contributed by atoms with Gasteiger partial charge >= 0.3 is 0 Å². The summed E-state index contributed by atoms with van der Waals surface area (Å²) >= 11 is 1.65. The lowest BCUT2D eigenvalue weighted by Gasteiger charge is -2.21. The van der Waals surface area contributed by atoms with E-state index in [1.165, 1.54) is 6.07 Å². The predicted molar refractivity (Wildman–Crippen MR) is 77.4 cm³/mol. The number of H-pyrrole nitrogens is 1. The van der Waals surface area contributed by atoms with E-state index >= 15 is 0 Å². The molecule has 1 aliphatic heterocycles. The van der Waals surface area contributed by atoms with E-state index in [-0.39, 0.29) is 10.9 Å². The van der Waals surface area contributed by atoms with Crippen molar-refractivity contribution in [2.24, 2.45) is 0 Å². The molecule has 7 heteroatoms. The molecule has 2 heterocycles. The van der Waals surface area contributed by atoms with E-state index in [1.807, 2.05) is 0 Å². The highest BCUT2D eigenvalue weighted by Crippen LogP contribution is 2.25. The maximum absolute atomic E-state index is 13.7. The van der Waals surface area contributed by atoms with E-state index < -0.39 is 17.2 Å². The van der Waals surface area contributed by atoms with E-state index in [1.54, 1.807) is 11.8 Å². The topological polar surface area (TPSA) is 55.0 Å². The minimum Gasteiger partial charge on any atom is -0.381 e. The lowest BCUT2D eigenvalue weighted by atomic mass is 10.2. The molecule has 1 fully saturated rings. The van der Waals surface area contributed by atoms with Gasteiger partial charge in [0.25, 0.3) is 5.56 Å². The molecule has 0 spiro atoms. The Kier molecular flexibility index (Phi) is 4.21. The van der Waals surface area contributed by atoms with E-state index in [0.29, 0.717) is 16.8 Å². The van der Waals surface area contributed by atoms with E-state index in [2.05, 4.69) is 9.97 Å². The molecule has 0 saturated carbocycles. The molecule has 112 valence electrons. The van der Waals surface area contributed by atoms with Crippen molar-refractivity contribution in [3.05, 3.63) is 39.9 Å². The van der Waals surface area contributed by atoms with Crippen LogP contribution in [0.4, 0.5) is 8.78 Å². The Morgan fingerprint density at radius 3 is 2.86 bits per heavy atom. The molecule has 0 aliphatic carbocycles. The van der Waals surface area contributed by atoms with Gasteiger partial charge < -0.3 is 9.72 Å². The molecule has 1 aliphatic rings. The summed E-state index contributed by atoms with van der Waals surface area (Å²) in [5.41, 5.74) is -0.650. The van der Waals surface area contributed by atoms with Gasteiger partial charge in [-0.1, -0.05) is 0 Å². The maximum Gasteiger partial charge on any atom is 0.258 e.